The van der Waals surface area contributed by atoms with Crippen LogP contribution in [-0.4, -0.2) is 12.4 Å². The van der Waals surface area contributed by atoms with Crippen LogP contribution in [-0.2, 0) is 6.42 Å². The molecule has 1 nitrogen and oxygen atoms in total. The van der Waals surface area contributed by atoms with Crippen molar-refractivity contribution in [3.05, 3.63) is 59.2 Å². The van der Waals surface area contributed by atoms with Crippen LogP contribution in [0.1, 0.15) is 22.6 Å². The Kier molecular flexibility index (Phi) is 2.37. The maximum Gasteiger partial charge on any atom is 0.126 e. The van der Waals surface area contributed by atoms with Crippen LogP contribution in [0.5, 0.6) is 5.75 Å². The fourth-order valence-electron chi connectivity index (χ4n) is 2.94. The molecule has 0 fully saturated rings. The van der Waals surface area contributed by atoms with Crippen molar-refractivity contribution in [3.63, 3.8) is 0 Å². The molecule has 2 aliphatic rings. The molecule has 2 aromatic rings. The molecule has 2 heteroatoms. The van der Waals surface area contributed by atoms with Crippen molar-refractivity contribution in [1.29, 1.82) is 0 Å². The number of rotatable bonds is 1. The van der Waals surface area contributed by atoms with Gasteiger partial charge in [0, 0.05) is 28.6 Å². The zero-order chi connectivity index (χ0) is 11.9. The molecule has 1 unspecified atom stereocenters. The first kappa shape index (κ1) is 10.5. The number of hydrogen-bond acceptors (Lipinski definition) is 2. The van der Waals surface area contributed by atoms with E-state index in [1.165, 1.54) is 21.6 Å². The van der Waals surface area contributed by atoms with Gasteiger partial charge in [-0.3, -0.25) is 0 Å². The Morgan fingerprint density at radius 2 is 1.89 bits per heavy atom. The lowest BCUT2D eigenvalue weighted by molar-refractivity contribution is 0.353. The predicted octanol–water partition coefficient (Wildman–Crippen LogP) is 3.86. The van der Waals surface area contributed by atoms with Crippen LogP contribution in [0.3, 0.4) is 0 Å². The molecule has 4 rings (SSSR count). The highest BCUT2D eigenvalue weighted by Gasteiger charge is 2.28. The largest absolute Gasteiger partial charge is 0.493 e. The van der Waals surface area contributed by atoms with E-state index in [1.54, 1.807) is 0 Å². The van der Waals surface area contributed by atoms with Crippen LogP contribution in [0.15, 0.2) is 47.4 Å². The van der Waals surface area contributed by atoms with Crippen molar-refractivity contribution >= 4 is 11.8 Å². The molecule has 0 aliphatic carbocycles. The van der Waals surface area contributed by atoms with Gasteiger partial charge in [-0.1, -0.05) is 36.4 Å². The third kappa shape index (κ3) is 1.49. The predicted molar refractivity (Wildman–Crippen MR) is 74.7 cm³/mol. The highest BCUT2D eigenvalue weighted by molar-refractivity contribution is 7.99. The number of fused-ring (bicyclic) bond motifs is 2. The molecular formula is C16H14OS. The molecule has 0 amide bonds. The standard InChI is InChI=1S/C16H14OS/c1-2-7-15-12(5-1)14(10-18-15)13-6-3-4-11-8-9-17-16(11)13/h1-7,14H,8-10H2. The fourth-order valence-corrected chi connectivity index (χ4v) is 4.19. The molecule has 2 aromatic carbocycles. The molecule has 0 spiro atoms. The lowest BCUT2D eigenvalue weighted by atomic mass is 9.91. The number of para-hydroxylation sites is 1. The number of benzene rings is 2. The molecule has 0 radical (unpaired) electrons. The summed E-state index contributed by atoms with van der Waals surface area (Å²) in [6.07, 6.45) is 1.06. The van der Waals surface area contributed by atoms with Gasteiger partial charge < -0.3 is 4.74 Å². The van der Waals surface area contributed by atoms with E-state index in [9.17, 15) is 0 Å². The molecular weight excluding hydrogens is 240 g/mol. The van der Waals surface area contributed by atoms with E-state index >= 15 is 0 Å². The lowest BCUT2D eigenvalue weighted by Crippen LogP contribution is -2.01. The van der Waals surface area contributed by atoms with Gasteiger partial charge in [0.2, 0.25) is 0 Å². The zero-order valence-corrected chi connectivity index (χ0v) is 10.9. The van der Waals surface area contributed by atoms with Crippen molar-refractivity contribution < 1.29 is 4.74 Å². The highest BCUT2D eigenvalue weighted by Crippen LogP contribution is 2.46. The summed E-state index contributed by atoms with van der Waals surface area (Å²) in [4.78, 5) is 1.43. The van der Waals surface area contributed by atoms with Crippen LogP contribution in [0.4, 0.5) is 0 Å². The zero-order valence-electron chi connectivity index (χ0n) is 10.1. The Balaban J connectivity index is 1.84. The van der Waals surface area contributed by atoms with E-state index < -0.39 is 0 Å². The third-order valence-corrected chi connectivity index (χ3v) is 5.00. The topological polar surface area (TPSA) is 9.23 Å². The minimum absolute atomic E-state index is 0.499. The Labute approximate surface area is 111 Å². The molecule has 2 heterocycles. The van der Waals surface area contributed by atoms with E-state index in [2.05, 4.69) is 42.5 Å². The maximum absolute atomic E-state index is 5.85. The van der Waals surface area contributed by atoms with E-state index in [0.29, 0.717) is 5.92 Å². The number of thioether (sulfide) groups is 1. The highest BCUT2D eigenvalue weighted by atomic mass is 32.2. The van der Waals surface area contributed by atoms with Gasteiger partial charge in [0.15, 0.2) is 0 Å². The van der Waals surface area contributed by atoms with Gasteiger partial charge >= 0.3 is 0 Å². The summed E-state index contributed by atoms with van der Waals surface area (Å²) in [5, 5.41) is 0. The second kappa shape index (κ2) is 4.06. The Hall–Kier alpha value is -1.41. The first-order valence-corrected chi connectivity index (χ1v) is 7.38. The average molecular weight is 254 g/mol. The normalized spacial score (nSPS) is 20.3. The molecule has 0 bridgehead atoms. The molecule has 18 heavy (non-hydrogen) atoms. The average Bonchev–Trinajstić information content (AvgIpc) is 3.05. The molecule has 0 saturated carbocycles. The number of ether oxygens (including phenoxy) is 1. The first-order chi connectivity index (χ1) is 8.93. The molecule has 90 valence electrons. The van der Waals surface area contributed by atoms with Gasteiger partial charge in [0.25, 0.3) is 0 Å². The Morgan fingerprint density at radius 1 is 1.00 bits per heavy atom. The summed E-state index contributed by atoms with van der Waals surface area (Å²) >= 11 is 1.96. The second-order valence-corrected chi connectivity index (χ2v) is 5.90. The van der Waals surface area contributed by atoms with Crippen molar-refractivity contribution in [3.8, 4) is 5.75 Å². The van der Waals surface area contributed by atoms with Gasteiger partial charge in [-0.15, -0.1) is 11.8 Å². The maximum atomic E-state index is 5.85. The monoisotopic (exact) mass is 254 g/mol. The van der Waals surface area contributed by atoms with E-state index in [-0.39, 0.29) is 0 Å². The molecule has 0 N–H and O–H groups in total. The summed E-state index contributed by atoms with van der Waals surface area (Å²) in [6, 6.07) is 15.4. The summed E-state index contributed by atoms with van der Waals surface area (Å²) in [6.45, 7) is 0.841. The quantitative estimate of drug-likeness (QED) is 0.764. The van der Waals surface area contributed by atoms with Crippen molar-refractivity contribution in [2.75, 3.05) is 12.4 Å². The van der Waals surface area contributed by atoms with Crippen LogP contribution in [0, 0.1) is 0 Å². The van der Waals surface area contributed by atoms with Crippen LogP contribution >= 0.6 is 11.8 Å². The summed E-state index contributed by atoms with van der Waals surface area (Å²) in [5.74, 6) is 2.79. The van der Waals surface area contributed by atoms with Crippen LogP contribution in [0.2, 0.25) is 0 Å². The van der Waals surface area contributed by atoms with Gasteiger partial charge in [0.05, 0.1) is 6.61 Å². The molecule has 1 atom stereocenters. The second-order valence-electron chi connectivity index (χ2n) is 4.84. The smallest absolute Gasteiger partial charge is 0.126 e. The minimum atomic E-state index is 0.499. The van der Waals surface area contributed by atoms with Crippen molar-refractivity contribution in [1.82, 2.24) is 0 Å². The summed E-state index contributed by atoms with van der Waals surface area (Å²) < 4.78 is 5.85. The summed E-state index contributed by atoms with van der Waals surface area (Å²) in [5.41, 5.74) is 4.22. The molecule has 2 aliphatic heterocycles. The third-order valence-electron chi connectivity index (χ3n) is 3.82. The SMILES string of the molecule is c1ccc2c(c1)SCC2c1cccc2c1OCC2. The number of hydrogen-bond donors (Lipinski definition) is 0. The van der Waals surface area contributed by atoms with Gasteiger partial charge in [-0.25, -0.2) is 0 Å². The van der Waals surface area contributed by atoms with Gasteiger partial charge in [0.1, 0.15) is 5.75 Å². The van der Waals surface area contributed by atoms with Crippen molar-refractivity contribution in [2.24, 2.45) is 0 Å². The molecule has 0 aromatic heterocycles. The van der Waals surface area contributed by atoms with Gasteiger partial charge in [-0.05, 0) is 17.2 Å². The van der Waals surface area contributed by atoms with Crippen molar-refractivity contribution in [2.45, 2.75) is 17.2 Å². The van der Waals surface area contributed by atoms with E-state index in [0.717, 1.165) is 24.5 Å². The first-order valence-electron chi connectivity index (χ1n) is 6.40. The van der Waals surface area contributed by atoms with E-state index in [1.807, 2.05) is 11.8 Å². The Bertz CT molecular complexity index is 606. The minimum Gasteiger partial charge on any atom is -0.493 e. The van der Waals surface area contributed by atoms with Crippen LogP contribution < -0.4 is 4.74 Å². The fraction of sp³-hybridized carbons (Fsp3) is 0.250. The van der Waals surface area contributed by atoms with E-state index in [4.69, 9.17) is 4.74 Å². The molecule has 0 saturated heterocycles. The van der Waals surface area contributed by atoms with Crippen LogP contribution in [0.25, 0.3) is 0 Å². The summed E-state index contributed by atoms with van der Waals surface area (Å²) in [7, 11) is 0. The lowest BCUT2D eigenvalue weighted by Gasteiger charge is -2.15. The van der Waals surface area contributed by atoms with Gasteiger partial charge in [-0.2, -0.15) is 0 Å². The Morgan fingerprint density at radius 3 is 2.89 bits per heavy atom.